The number of nitrogens with two attached hydrogens (primary N) is 1. The highest BCUT2D eigenvalue weighted by atomic mass is 16.6. The van der Waals surface area contributed by atoms with Crippen LogP contribution in [0.3, 0.4) is 0 Å². The molecule has 0 radical (unpaired) electrons. The highest BCUT2D eigenvalue weighted by Gasteiger charge is 2.15. The van der Waals surface area contributed by atoms with Gasteiger partial charge in [0.25, 0.3) is 5.69 Å². The number of nitro groups is 1. The van der Waals surface area contributed by atoms with Crippen molar-refractivity contribution in [1.29, 1.82) is 0 Å². The van der Waals surface area contributed by atoms with Crippen molar-refractivity contribution in [3.63, 3.8) is 0 Å². The summed E-state index contributed by atoms with van der Waals surface area (Å²) in [6.45, 7) is 3.41. The molecule has 0 aliphatic carbocycles. The zero-order chi connectivity index (χ0) is 15.1. The molecule has 1 aromatic carbocycles. The fourth-order valence-electron chi connectivity index (χ4n) is 1.78. The Morgan fingerprint density at radius 3 is 2.70 bits per heavy atom. The van der Waals surface area contributed by atoms with E-state index in [1.807, 2.05) is 11.8 Å². The molecule has 0 fully saturated rings. The third-order valence-corrected chi connectivity index (χ3v) is 2.91. The van der Waals surface area contributed by atoms with Crippen LogP contribution >= 0.6 is 0 Å². The summed E-state index contributed by atoms with van der Waals surface area (Å²) in [5, 5.41) is 13.4. The Morgan fingerprint density at radius 2 is 2.20 bits per heavy atom. The van der Waals surface area contributed by atoms with Gasteiger partial charge in [0.05, 0.1) is 11.5 Å². The molecule has 0 atom stereocenters. The molecule has 0 aromatic heterocycles. The van der Waals surface area contributed by atoms with Crippen LogP contribution in [0.15, 0.2) is 18.2 Å². The first-order valence-corrected chi connectivity index (χ1v) is 6.18. The minimum atomic E-state index is -0.499. The number of rotatable bonds is 7. The number of carbonyl (C=O) groups is 1. The lowest BCUT2D eigenvalue weighted by Crippen LogP contribution is -2.35. The maximum Gasteiger partial charge on any atom is 0.293 e. The molecule has 0 unspecified atom stereocenters. The molecule has 0 aliphatic heterocycles. The molecule has 0 aliphatic rings. The first-order chi connectivity index (χ1) is 9.51. The largest absolute Gasteiger partial charge is 0.358 e. The predicted octanol–water partition coefficient (Wildman–Crippen LogP) is 0.448. The number of amides is 1. The third-order valence-electron chi connectivity index (χ3n) is 2.91. The van der Waals surface area contributed by atoms with E-state index in [4.69, 9.17) is 5.84 Å². The lowest BCUT2D eigenvalue weighted by Gasteiger charge is -2.19. The topological polar surface area (TPSA) is 114 Å². The number of nitrogens with one attached hydrogen (secondary N) is 2. The van der Waals surface area contributed by atoms with Crippen molar-refractivity contribution in [1.82, 2.24) is 10.2 Å². The Hall–Kier alpha value is -2.19. The van der Waals surface area contributed by atoms with Gasteiger partial charge in [-0.05, 0) is 18.2 Å². The summed E-state index contributed by atoms with van der Waals surface area (Å²) in [5.41, 5.74) is 3.34. The predicted molar refractivity (Wildman–Crippen MR) is 75.9 cm³/mol. The van der Waals surface area contributed by atoms with Crippen LogP contribution in [0.4, 0.5) is 11.4 Å². The molecule has 8 heteroatoms. The van der Waals surface area contributed by atoms with Gasteiger partial charge in [-0.2, -0.15) is 0 Å². The minimum Gasteiger partial charge on any atom is -0.358 e. The van der Waals surface area contributed by atoms with E-state index in [1.165, 1.54) is 6.07 Å². The molecule has 1 aromatic rings. The number of carbonyl (C=O) groups excluding carboxylic acids is 1. The summed E-state index contributed by atoms with van der Waals surface area (Å²) in [6.07, 6.45) is 0. The fraction of sp³-hybridized carbons (Fsp3) is 0.417. The van der Waals surface area contributed by atoms with Gasteiger partial charge in [0.15, 0.2) is 0 Å². The first kappa shape index (κ1) is 15.9. The van der Waals surface area contributed by atoms with Gasteiger partial charge in [-0.3, -0.25) is 25.7 Å². The normalized spacial score (nSPS) is 10.4. The van der Waals surface area contributed by atoms with Crippen molar-refractivity contribution in [3.05, 3.63) is 33.9 Å². The number of nitrogens with zero attached hydrogens (tertiary/aromatic N) is 2. The fourth-order valence-corrected chi connectivity index (χ4v) is 1.78. The van der Waals surface area contributed by atoms with Gasteiger partial charge in [-0.1, -0.05) is 13.0 Å². The Morgan fingerprint density at radius 1 is 1.50 bits per heavy atom. The standard InChI is InChI=1S/C12H19N5O3/c1-3-16(8-12(18)14-2)7-9-4-5-11(17(19)20)10(6-9)15-13/h4-6,15H,3,7-8,13H2,1-2H3,(H,14,18). The van der Waals surface area contributed by atoms with Gasteiger partial charge in [0.1, 0.15) is 5.69 Å². The Labute approximate surface area is 117 Å². The SMILES string of the molecule is CCN(CC(=O)NC)Cc1ccc([N+](=O)[O-])c(NN)c1. The van der Waals surface area contributed by atoms with Gasteiger partial charge in [0, 0.05) is 19.7 Å². The van der Waals surface area contributed by atoms with Crippen LogP contribution in [0.2, 0.25) is 0 Å². The molecule has 0 saturated heterocycles. The minimum absolute atomic E-state index is 0.0778. The Balaban J connectivity index is 2.86. The summed E-state index contributed by atoms with van der Waals surface area (Å²) in [7, 11) is 1.58. The number of benzene rings is 1. The molecule has 20 heavy (non-hydrogen) atoms. The second-order valence-electron chi connectivity index (χ2n) is 4.23. The molecule has 0 bridgehead atoms. The monoisotopic (exact) mass is 281 g/mol. The van der Waals surface area contributed by atoms with Crippen molar-refractivity contribution in [2.24, 2.45) is 5.84 Å². The molecule has 4 N–H and O–H groups in total. The summed E-state index contributed by atoms with van der Waals surface area (Å²) in [6, 6.07) is 4.67. The van der Waals surface area contributed by atoms with Gasteiger partial charge < -0.3 is 10.7 Å². The maximum absolute atomic E-state index is 11.4. The van der Waals surface area contributed by atoms with Crippen molar-refractivity contribution >= 4 is 17.3 Å². The lowest BCUT2D eigenvalue weighted by atomic mass is 10.1. The summed E-state index contributed by atoms with van der Waals surface area (Å²) >= 11 is 0. The zero-order valence-corrected chi connectivity index (χ0v) is 11.5. The number of nitro benzene ring substituents is 1. The average Bonchev–Trinajstić information content (AvgIpc) is 2.45. The van der Waals surface area contributed by atoms with E-state index in [0.717, 1.165) is 5.56 Å². The van der Waals surface area contributed by atoms with E-state index < -0.39 is 4.92 Å². The van der Waals surface area contributed by atoms with Gasteiger partial charge >= 0.3 is 0 Å². The van der Waals surface area contributed by atoms with E-state index in [9.17, 15) is 14.9 Å². The van der Waals surface area contributed by atoms with E-state index >= 15 is 0 Å². The number of likely N-dealkylation sites (N-methyl/N-ethyl adjacent to an activating group) is 2. The van der Waals surface area contributed by atoms with Crippen molar-refractivity contribution < 1.29 is 9.72 Å². The van der Waals surface area contributed by atoms with Crippen LogP contribution in [0, 0.1) is 10.1 Å². The van der Waals surface area contributed by atoms with E-state index in [1.54, 1.807) is 19.2 Å². The third kappa shape index (κ3) is 4.18. The van der Waals surface area contributed by atoms with Crippen LogP contribution in [-0.2, 0) is 11.3 Å². The number of hydrogen-bond donors (Lipinski definition) is 3. The van der Waals surface area contributed by atoms with Crippen molar-refractivity contribution in [3.8, 4) is 0 Å². The summed E-state index contributed by atoms with van der Waals surface area (Å²) < 4.78 is 0. The maximum atomic E-state index is 11.4. The van der Waals surface area contributed by atoms with Crippen molar-refractivity contribution in [2.45, 2.75) is 13.5 Å². The zero-order valence-electron chi connectivity index (χ0n) is 11.5. The quantitative estimate of drug-likeness (QED) is 0.380. The van der Waals surface area contributed by atoms with Gasteiger partial charge in [0.2, 0.25) is 5.91 Å². The lowest BCUT2D eigenvalue weighted by molar-refractivity contribution is -0.384. The number of nitrogen functional groups attached to an aromatic ring is 1. The highest BCUT2D eigenvalue weighted by Crippen LogP contribution is 2.24. The van der Waals surface area contributed by atoms with Crippen LogP contribution in [-0.4, -0.2) is 35.9 Å². The molecule has 1 amide bonds. The van der Waals surface area contributed by atoms with E-state index in [2.05, 4.69) is 10.7 Å². The smallest absolute Gasteiger partial charge is 0.293 e. The number of anilines is 1. The second-order valence-corrected chi connectivity index (χ2v) is 4.23. The Bertz CT molecular complexity index is 492. The molecule has 0 heterocycles. The highest BCUT2D eigenvalue weighted by molar-refractivity contribution is 5.77. The van der Waals surface area contributed by atoms with Crippen LogP contribution in [0.5, 0.6) is 0 Å². The molecule has 8 nitrogen and oxygen atoms in total. The van der Waals surface area contributed by atoms with E-state index in [-0.39, 0.29) is 23.8 Å². The average molecular weight is 281 g/mol. The summed E-state index contributed by atoms with van der Waals surface area (Å²) in [4.78, 5) is 23.6. The number of hydrazine groups is 1. The van der Waals surface area contributed by atoms with Crippen LogP contribution in [0.25, 0.3) is 0 Å². The molecule has 0 saturated carbocycles. The Kier molecular flexibility index (Phi) is 5.88. The number of hydrogen-bond acceptors (Lipinski definition) is 6. The van der Waals surface area contributed by atoms with Gasteiger partial charge in [-0.15, -0.1) is 0 Å². The first-order valence-electron chi connectivity index (χ1n) is 6.18. The molecule has 0 spiro atoms. The molecule has 110 valence electrons. The molecular weight excluding hydrogens is 262 g/mol. The molecular formula is C12H19N5O3. The second kappa shape index (κ2) is 7.41. The van der Waals surface area contributed by atoms with Crippen LogP contribution in [0.1, 0.15) is 12.5 Å². The van der Waals surface area contributed by atoms with E-state index in [0.29, 0.717) is 13.1 Å². The molecule has 1 rings (SSSR count). The summed E-state index contributed by atoms with van der Waals surface area (Å²) in [5.74, 6) is 5.21. The van der Waals surface area contributed by atoms with Gasteiger partial charge in [-0.25, -0.2) is 0 Å². The van der Waals surface area contributed by atoms with Crippen LogP contribution < -0.4 is 16.6 Å². The van der Waals surface area contributed by atoms with Crippen molar-refractivity contribution in [2.75, 3.05) is 25.6 Å².